The average molecular weight is 475 g/mol. The Labute approximate surface area is 201 Å². The van der Waals surface area contributed by atoms with Crippen LogP contribution in [0.25, 0.3) is 22.3 Å². The molecule has 0 unspecified atom stereocenters. The normalized spacial score (nSPS) is 20.7. The molecule has 0 aromatic carbocycles. The van der Waals surface area contributed by atoms with Crippen LogP contribution in [0.3, 0.4) is 0 Å². The minimum atomic E-state index is 0.0508. The standard InChI is InChI=1S/C23H26N10O2/c24-23-25-6-5-18(27-23)14-1-3-16(4-2-14)35-22-17-11-15(21-29-31-32-30-21)13-26-19(17)12-20(28-22)33-7-9-34-10-8-33/h5-6,11-14,16H,1-4,7-10H2,(H2,24,25,27)(H,29,30,31,32). The summed E-state index contributed by atoms with van der Waals surface area (Å²) in [4.78, 5) is 20.2. The van der Waals surface area contributed by atoms with E-state index >= 15 is 0 Å². The Morgan fingerprint density at radius 3 is 2.69 bits per heavy atom. The zero-order valence-electron chi connectivity index (χ0n) is 19.2. The second-order valence-corrected chi connectivity index (χ2v) is 8.84. The number of rotatable bonds is 5. The summed E-state index contributed by atoms with van der Waals surface area (Å²) in [5.41, 5.74) is 8.35. The number of aromatic nitrogens is 8. The number of H-pyrrole nitrogens is 1. The molecule has 12 nitrogen and oxygen atoms in total. The van der Waals surface area contributed by atoms with Crippen LogP contribution in [-0.2, 0) is 4.74 Å². The molecule has 1 saturated carbocycles. The molecule has 4 aromatic heterocycles. The molecule has 0 amide bonds. The van der Waals surface area contributed by atoms with Gasteiger partial charge < -0.3 is 20.1 Å². The first-order chi connectivity index (χ1) is 17.2. The van der Waals surface area contributed by atoms with Crippen LogP contribution < -0.4 is 15.4 Å². The van der Waals surface area contributed by atoms with Gasteiger partial charge in [0.2, 0.25) is 17.7 Å². The van der Waals surface area contributed by atoms with Crippen molar-refractivity contribution in [3.05, 3.63) is 36.3 Å². The molecule has 5 heterocycles. The number of morpholine rings is 1. The zero-order valence-corrected chi connectivity index (χ0v) is 19.2. The van der Waals surface area contributed by atoms with E-state index in [-0.39, 0.29) is 6.10 Å². The van der Waals surface area contributed by atoms with Crippen molar-refractivity contribution in [1.29, 1.82) is 0 Å². The largest absolute Gasteiger partial charge is 0.474 e. The number of ether oxygens (including phenoxy) is 2. The number of pyridine rings is 2. The number of fused-ring (bicyclic) bond motifs is 1. The van der Waals surface area contributed by atoms with Crippen molar-refractivity contribution in [2.24, 2.45) is 0 Å². The van der Waals surface area contributed by atoms with Crippen LogP contribution in [-0.4, -0.2) is 73.0 Å². The molecule has 3 N–H and O–H groups in total. The van der Waals surface area contributed by atoms with Gasteiger partial charge in [0.05, 0.1) is 24.1 Å². The van der Waals surface area contributed by atoms with Crippen molar-refractivity contribution in [2.45, 2.75) is 37.7 Å². The van der Waals surface area contributed by atoms with Gasteiger partial charge in [-0.05, 0) is 43.0 Å². The van der Waals surface area contributed by atoms with E-state index in [4.69, 9.17) is 20.2 Å². The Hall–Kier alpha value is -3.93. The Balaban J connectivity index is 1.28. The van der Waals surface area contributed by atoms with Crippen LogP contribution in [0.1, 0.15) is 37.3 Å². The second kappa shape index (κ2) is 9.37. The van der Waals surface area contributed by atoms with Crippen molar-refractivity contribution in [2.75, 3.05) is 36.9 Å². The van der Waals surface area contributed by atoms with E-state index in [2.05, 4.69) is 40.5 Å². The average Bonchev–Trinajstić information content (AvgIpc) is 3.45. The highest BCUT2D eigenvalue weighted by Crippen LogP contribution is 2.36. The maximum absolute atomic E-state index is 6.55. The quantitative estimate of drug-likeness (QED) is 0.437. The third kappa shape index (κ3) is 4.56. The van der Waals surface area contributed by atoms with Gasteiger partial charge in [0, 0.05) is 48.7 Å². The molecule has 1 aliphatic carbocycles. The molecule has 180 valence electrons. The first-order valence-corrected chi connectivity index (χ1v) is 11.9. The summed E-state index contributed by atoms with van der Waals surface area (Å²) in [5.74, 6) is 2.59. The first-order valence-electron chi connectivity index (χ1n) is 11.9. The molecule has 0 bridgehead atoms. The van der Waals surface area contributed by atoms with Crippen molar-refractivity contribution in [1.82, 2.24) is 40.6 Å². The van der Waals surface area contributed by atoms with Crippen molar-refractivity contribution in [3.63, 3.8) is 0 Å². The summed E-state index contributed by atoms with van der Waals surface area (Å²) in [5, 5.41) is 15.1. The molecule has 0 atom stereocenters. The van der Waals surface area contributed by atoms with E-state index in [9.17, 15) is 0 Å². The highest BCUT2D eigenvalue weighted by atomic mass is 16.5. The fourth-order valence-corrected chi connectivity index (χ4v) is 4.78. The van der Waals surface area contributed by atoms with Crippen molar-refractivity contribution in [3.8, 4) is 17.3 Å². The number of nitrogen functional groups attached to an aromatic ring is 1. The lowest BCUT2D eigenvalue weighted by atomic mass is 9.85. The number of hydrogen-bond donors (Lipinski definition) is 2. The second-order valence-electron chi connectivity index (χ2n) is 8.84. The van der Waals surface area contributed by atoms with E-state index in [1.807, 2.05) is 18.2 Å². The van der Waals surface area contributed by atoms with Gasteiger partial charge in [0.1, 0.15) is 11.9 Å². The van der Waals surface area contributed by atoms with E-state index in [0.29, 0.717) is 36.8 Å². The molecule has 2 aliphatic rings. The summed E-state index contributed by atoms with van der Waals surface area (Å²) in [7, 11) is 0. The van der Waals surface area contributed by atoms with E-state index in [1.54, 1.807) is 12.4 Å². The van der Waals surface area contributed by atoms with Crippen LogP contribution in [0, 0.1) is 0 Å². The van der Waals surface area contributed by atoms with E-state index in [0.717, 1.165) is 66.8 Å². The fraction of sp³-hybridized carbons (Fsp3) is 0.435. The van der Waals surface area contributed by atoms with Gasteiger partial charge in [0.15, 0.2) is 0 Å². The van der Waals surface area contributed by atoms with Gasteiger partial charge in [-0.1, -0.05) is 0 Å². The molecule has 1 saturated heterocycles. The van der Waals surface area contributed by atoms with Crippen molar-refractivity contribution < 1.29 is 9.47 Å². The Bertz CT molecular complexity index is 1300. The smallest absolute Gasteiger partial charge is 0.225 e. The number of nitrogens with zero attached hydrogens (tertiary/aromatic N) is 8. The summed E-state index contributed by atoms with van der Waals surface area (Å²) in [6, 6.07) is 5.92. The van der Waals surface area contributed by atoms with Gasteiger partial charge >= 0.3 is 0 Å². The van der Waals surface area contributed by atoms with E-state index in [1.165, 1.54) is 0 Å². The van der Waals surface area contributed by atoms with Gasteiger partial charge in [-0.15, -0.1) is 10.2 Å². The molecular formula is C23H26N10O2. The van der Waals surface area contributed by atoms with Gasteiger partial charge in [0.25, 0.3) is 0 Å². The summed E-state index contributed by atoms with van der Waals surface area (Å²) in [6.07, 6.45) is 7.26. The number of anilines is 2. The van der Waals surface area contributed by atoms with Crippen molar-refractivity contribution >= 4 is 22.7 Å². The number of tetrazole rings is 1. The zero-order chi connectivity index (χ0) is 23.6. The number of nitrogens with two attached hydrogens (primary N) is 1. The maximum Gasteiger partial charge on any atom is 0.225 e. The lowest BCUT2D eigenvalue weighted by Crippen LogP contribution is -2.36. The molecule has 4 aromatic rings. The molecule has 6 rings (SSSR count). The summed E-state index contributed by atoms with van der Waals surface area (Å²) in [6.45, 7) is 2.92. The molecule has 0 spiro atoms. The first kappa shape index (κ1) is 21.6. The fourth-order valence-electron chi connectivity index (χ4n) is 4.78. The molecule has 2 fully saturated rings. The Morgan fingerprint density at radius 1 is 1.06 bits per heavy atom. The predicted octanol–water partition coefficient (Wildman–Crippen LogP) is 2.12. The lowest BCUT2D eigenvalue weighted by Gasteiger charge is -2.30. The molecular weight excluding hydrogens is 448 g/mol. The summed E-state index contributed by atoms with van der Waals surface area (Å²) < 4.78 is 12.1. The topological polar surface area (TPSA) is 154 Å². The molecule has 0 radical (unpaired) electrons. The third-order valence-electron chi connectivity index (χ3n) is 6.64. The molecule has 12 heteroatoms. The highest BCUT2D eigenvalue weighted by Gasteiger charge is 2.26. The third-order valence-corrected chi connectivity index (χ3v) is 6.64. The Morgan fingerprint density at radius 2 is 1.91 bits per heavy atom. The van der Waals surface area contributed by atoms with Gasteiger partial charge in [-0.25, -0.2) is 9.97 Å². The minimum Gasteiger partial charge on any atom is -0.474 e. The molecule has 1 aliphatic heterocycles. The van der Waals surface area contributed by atoms with Crippen LogP contribution in [0.4, 0.5) is 11.8 Å². The highest BCUT2D eigenvalue weighted by molar-refractivity contribution is 5.88. The maximum atomic E-state index is 6.55. The lowest BCUT2D eigenvalue weighted by molar-refractivity contribution is 0.122. The van der Waals surface area contributed by atoms with Gasteiger partial charge in [-0.3, -0.25) is 4.98 Å². The summed E-state index contributed by atoms with van der Waals surface area (Å²) >= 11 is 0. The van der Waals surface area contributed by atoms with Gasteiger partial charge in [-0.2, -0.15) is 10.2 Å². The minimum absolute atomic E-state index is 0.0508. The van der Waals surface area contributed by atoms with Crippen LogP contribution in [0.5, 0.6) is 5.88 Å². The van der Waals surface area contributed by atoms with Crippen LogP contribution >= 0.6 is 0 Å². The number of hydrogen-bond acceptors (Lipinski definition) is 11. The SMILES string of the molecule is Nc1nccc(C2CCC(Oc3nc(N4CCOCC4)cc4ncc(-c5nn[nH]n5)cc34)CC2)n1. The molecule has 35 heavy (non-hydrogen) atoms. The number of aromatic amines is 1. The Kier molecular flexibility index (Phi) is 5.78. The van der Waals surface area contributed by atoms with Crippen LogP contribution in [0.15, 0.2) is 30.6 Å². The monoisotopic (exact) mass is 474 g/mol. The number of nitrogens with one attached hydrogen (secondary N) is 1. The van der Waals surface area contributed by atoms with Crippen LogP contribution in [0.2, 0.25) is 0 Å². The predicted molar refractivity (Wildman–Crippen MR) is 128 cm³/mol. The van der Waals surface area contributed by atoms with E-state index < -0.39 is 0 Å².